The van der Waals surface area contributed by atoms with Crippen molar-refractivity contribution in [3.63, 3.8) is 0 Å². The van der Waals surface area contributed by atoms with E-state index in [0.717, 1.165) is 54.8 Å². The molecule has 0 aromatic heterocycles. The smallest absolute Gasteiger partial charge is 0.341 e. The van der Waals surface area contributed by atoms with Gasteiger partial charge in [0.05, 0.1) is 10.0 Å². The Morgan fingerprint density at radius 1 is 0.754 bits per heavy atom. The molecule has 4 saturated carbocycles. The Bertz CT molecular complexity index is 1920. The molecule has 4 fully saturated rings. The summed E-state index contributed by atoms with van der Waals surface area (Å²) in [6.07, 6.45) is 19.0. The van der Waals surface area contributed by atoms with E-state index in [4.69, 9.17) is 32.7 Å². The maximum absolute atomic E-state index is 12.4. The third-order valence-electron chi connectivity index (χ3n) is 15.7. The van der Waals surface area contributed by atoms with Gasteiger partial charge in [-0.25, -0.2) is 19.2 Å². The fraction of sp³-hybridized carbons (Fsp3) is 0.633. The van der Waals surface area contributed by atoms with Crippen molar-refractivity contribution in [1.82, 2.24) is 0 Å². The summed E-state index contributed by atoms with van der Waals surface area (Å²) in [6.45, 7) is 10.9. The van der Waals surface area contributed by atoms with E-state index in [-0.39, 0.29) is 32.7 Å². The summed E-state index contributed by atoms with van der Waals surface area (Å²) >= 11 is 13.1. The molecule has 0 spiro atoms. The van der Waals surface area contributed by atoms with Gasteiger partial charge in [-0.1, -0.05) is 83.2 Å². The Hall–Kier alpha value is -3.76. The molecule has 0 aliphatic heterocycles. The van der Waals surface area contributed by atoms with Crippen molar-refractivity contribution in [2.75, 3.05) is 13.2 Å². The maximum atomic E-state index is 12.4. The van der Waals surface area contributed by atoms with Crippen LogP contribution in [-0.2, 0) is 9.59 Å². The molecule has 4 aliphatic carbocycles. The molecular weight excluding hydrogens is 819 g/mol. The minimum Gasteiger partial charge on any atom is -0.479 e. The van der Waals surface area contributed by atoms with Gasteiger partial charge in [-0.05, 0) is 170 Å². The third-order valence-corrected chi connectivity index (χ3v) is 16.3. The van der Waals surface area contributed by atoms with Crippen molar-refractivity contribution in [1.29, 1.82) is 0 Å². The summed E-state index contributed by atoms with van der Waals surface area (Å²) in [5, 5.41) is 38.4. The fourth-order valence-electron chi connectivity index (χ4n) is 12.9. The molecule has 0 amide bonds. The second kappa shape index (κ2) is 19.3. The number of hydrogen-bond donors (Lipinski definition) is 4. The molecule has 9 atom stereocenters. The van der Waals surface area contributed by atoms with Gasteiger partial charge in [0.1, 0.15) is 11.1 Å². The van der Waals surface area contributed by atoms with E-state index in [2.05, 4.69) is 34.6 Å². The molecule has 0 bridgehead atoms. The van der Waals surface area contributed by atoms with Crippen LogP contribution in [0.1, 0.15) is 156 Å². The number of ether oxygens (including phenoxy) is 2. The van der Waals surface area contributed by atoms with Crippen LogP contribution in [0.3, 0.4) is 0 Å². The fourth-order valence-corrected chi connectivity index (χ4v) is 13.4. The van der Waals surface area contributed by atoms with E-state index in [1.165, 1.54) is 88.5 Å². The van der Waals surface area contributed by atoms with Crippen LogP contribution in [0, 0.1) is 58.2 Å². The van der Waals surface area contributed by atoms with Gasteiger partial charge in [0.2, 0.25) is 0 Å². The minimum atomic E-state index is -1.40. The molecule has 0 radical (unpaired) electrons. The van der Waals surface area contributed by atoms with Gasteiger partial charge >= 0.3 is 23.9 Å². The van der Waals surface area contributed by atoms with Crippen molar-refractivity contribution in [2.45, 2.75) is 125 Å². The summed E-state index contributed by atoms with van der Waals surface area (Å²) in [5.74, 6) is 0.0326. The van der Waals surface area contributed by atoms with Gasteiger partial charge in [0, 0.05) is 0 Å². The number of allylic oxidation sites excluding steroid dienone is 1. The average molecular weight is 884 g/mol. The second-order valence-electron chi connectivity index (χ2n) is 19.7. The predicted octanol–water partition coefficient (Wildman–Crippen LogP) is 12.3. The van der Waals surface area contributed by atoms with Crippen molar-refractivity contribution in [3.05, 3.63) is 62.6 Å². The molecule has 10 nitrogen and oxygen atoms in total. The summed E-state index contributed by atoms with van der Waals surface area (Å²) < 4.78 is 10.5. The number of carbonyl (C=O) groups is 4. The molecule has 12 heteroatoms. The van der Waals surface area contributed by atoms with Crippen molar-refractivity contribution >= 4 is 52.7 Å². The van der Waals surface area contributed by atoms with Crippen LogP contribution < -0.4 is 9.47 Å². The summed E-state index contributed by atoms with van der Waals surface area (Å²) in [6, 6.07) is 5.56. The van der Waals surface area contributed by atoms with Crippen LogP contribution in [0.4, 0.5) is 0 Å². The number of carboxylic acids is 4. The lowest BCUT2D eigenvalue weighted by molar-refractivity contribution is -0.149. The van der Waals surface area contributed by atoms with Crippen molar-refractivity contribution in [3.8, 4) is 11.5 Å². The molecule has 61 heavy (non-hydrogen) atoms. The highest BCUT2D eigenvalue weighted by molar-refractivity contribution is 6.33. The number of carboxylic acid groups (broad SMARTS) is 4. The minimum absolute atomic E-state index is 0.137. The van der Waals surface area contributed by atoms with Crippen molar-refractivity contribution in [2.24, 2.45) is 58.2 Å². The molecule has 4 aliphatic rings. The number of aliphatic carboxylic acids is 2. The van der Waals surface area contributed by atoms with Gasteiger partial charge in [-0.15, -0.1) is 0 Å². The first-order valence-electron chi connectivity index (χ1n) is 22.4. The van der Waals surface area contributed by atoms with E-state index in [1.807, 2.05) is 6.08 Å². The zero-order valence-corrected chi connectivity index (χ0v) is 37.8. The topological polar surface area (TPSA) is 168 Å². The summed E-state index contributed by atoms with van der Waals surface area (Å²) in [7, 11) is 0. The van der Waals surface area contributed by atoms with E-state index in [9.17, 15) is 39.6 Å². The maximum Gasteiger partial charge on any atom is 0.341 e. The van der Waals surface area contributed by atoms with E-state index in [0.29, 0.717) is 45.8 Å². The first kappa shape index (κ1) is 46.7. The second-order valence-corrected chi connectivity index (χ2v) is 20.5. The highest BCUT2D eigenvalue weighted by Crippen LogP contribution is 2.70. The van der Waals surface area contributed by atoms with E-state index < -0.39 is 37.1 Å². The van der Waals surface area contributed by atoms with Crippen LogP contribution in [0.15, 0.2) is 30.3 Å². The largest absolute Gasteiger partial charge is 0.479 e. The average Bonchev–Trinajstić information content (AvgIpc) is 3.63. The number of halogens is 2. The Morgan fingerprint density at radius 3 is 1.87 bits per heavy atom. The lowest BCUT2D eigenvalue weighted by atomic mass is 9.41. The molecule has 334 valence electrons. The molecule has 2 aromatic rings. The lowest BCUT2D eigenvalue weighted by Gasteiger charge is -2.64. The molecule has 0 saturated heterocycles. The van der Waals surface area contributed by atoms with Gasteiger partial charge in [-0.2, -0.15) is 0 Å². The zero-order chi connectivity index (χ0) is 44.4. The standard InChI is InChI=1S/C49H64Cl2O10/c1-27(2)8-6-9-28(3)33-12-14-38-35(33)13-15-41-48(4)18-16-29(20-32(48)17-19-49(38,41)5)10-7-11-34(30-21-36(46(56)57)44(39(50)23-30)60-25-42(52)53)31-22-37(47(58)59)45(40(51)24-31)61-26-43(54)55/h11,21-24,27-29,32-33,35,38,41H,6-10,12-20,25-26H2,1-5H3,(H,52,53)(H,54,55)(H,56,57)(H,58,59)/t28?,29?,32?,33?,35-,38-,41-,48+,49+/m1/s1. The lowest BCUT2D eigenvalue weighted by Crippen LogP contribution is -2.56. The van der Waals surface area contributed by atoms with E-state index >= 15 is 0 Å². The Morgan fingerprint density at radius 2 is 1.33 bits per heavy atom. The number of hydrogen-bond acceptors (Lipinski definition) is 6. The first-order valence-corrected chi connectivity index (χ1v) is 23.1. The molecule has 0 heterocycles. The predicted molar refractivity (Wildman–Crippen MR) is 236 cm³/mol. The zero-order valence-electron chi connectivity index (χ0n) is 36.3. The summed E-state index contributed by atoms with van der Waals surface area (Å²) in [5.41, 5.74) is 1.10. The third kappa shape index (κ3) is 10.1. The molecular formula is C49H64Cl2O10. The summed E-state index contributed by atoms with van der Waals surface area (Å²) in [4.78, 5) is 47.4. The van der Waals surface area contributed by atoms with E-state index in [1.54, 1.807) is 0 Å². The normalized spacial score (nSPS) is 28.5. The van der Waals surface area contributed by atoms with Gasteiger partial charge in [0.15, 0.2) is 24.7 Å². The molecule has 4 unspecified atom stereocenters. The van der Waals surface area contributed by atoms with Crippen LogP contribution in [0.5, 0.6) is 11.5 Å². The molecule has 2 aromatic carbocycles. The van der Waals surface area contributed by atoms with Gasteiger partial charge in [-0.3, -0.25) is 0 Å². The van der Waals surface area contributed by atoms with Crippen LogP contribution in [-0.4, -0.2) is 57.5 Å². The van der Waals surface area contributed by atoms with Crippen LogP contribution in [0.2, 0.25) is 10.0 Å². The van der Waals surface area contributed by atoms with Crippen LogP contribution in [0.25, 0.3) is 5.57 Å². The number of fused-ring (bicyclic) bond motifs is 5. The Labute approximate surface area is 370 Å². The Kier molecular flexibility index (Phi) is 14.8. The van der Waals surface area contributed by atoms with Gasteiger partial charge in [0.25, 0.3) is 0 Å². The molecule has 4 N–H and O–H groups in total. The first-order chi connectivity index (χ1) is 28.8. The number of benzene rings is 2. The highest BCUT2D eigenvalue weighted by atomic mass is 35.5. The number of aromatic carboxylic acids is 2. The van der Waals surface area contributed by atoms with Crippen LogP contribution >= 0.6 is 23.2 Å². The van der Waals surface area contributed by atoms with Crippen molar-refractivity contribution < 1.29 is 49.1 Å². The quantitative estimate of drug-likeness (QED) is 0.113. The molecule has 6 rings (SSSR count). The van der Waals surface area contributed by atoms with Gasteiger partial charge < -0.3 is 29.9 Å². The SMILES string of the molecule is CC(C)CCCC(C)C1CC[C@@H]2[C@@H]1CC[C@H]1[C@@]2(C)CCC2CC(CCC=C(c3cc(Cl)c(OCC(=O)O)c(C(=O)O)c3)c3cc(Cl)c(OCC(=O)O)c(C(=O)O)c3)CC[C@@]21C. The highest BCUT2D eigenvalue weighted by Gasteiger charge is 2.61. The number of rotatable bonds is 18. The Balaban J connectivity index is 1.22. The monoisotopic (exact) mass is 882 g/mol.